The van der Waals surface area contributed by atoms with E-state index in [4.69, 9.17) is 10.5 Å². The predicted octanol–water partition coefficient (Wildman–Crippen LogP) is 4.40. The van der Waals surface area contributed by atoms with E-state index in [1.165, 1.54) is 43.2 Å². The first-order chi connectivity index (χ1) is 11.0. The van der Waals surface area contributed by atoms with E-state index in [-0.39, 0.29) is 12.4 Å². The fourth-order valence-corrected chi connectivity index (χ4v) is 5.90. The largest absolute Gasteiger partial charge is 0.504 e. The summed E-state index contributed by atoms with van der Waals surface area (Å²) in [4.78, 5) is 0. The number of benzene rings is 1. The van der Waals surface area contributed by atoms with Gasteiger partial charge in [-0.15, -0.1) is 12.4 Å². The Morgan fingerprint density at radius 2 is 2.04 bits per heavy atom. The van der Waals surface area contributed by atoms with Crippen LogP contribution < -0.4 is 10.5 Å². The van der Waals surface area contributed by atoms with Gasteiger partial charge in [0.15, 0.2) is 11.5 Å². The Labute approximate surface area is 151 Å². The van der Waals surface area contributed by atoms with Gasteiger partial charge in [-0.1, -0.05) is 6.92 Å². The number of halogens is 1. The van der Waals surface area contributed by atoms with Crippen LogP contribution >= 0.6 is 12.4 Å². The van der Waals surface area contributed by atoms with Crippen LogP contribution in [0, 0.1) is 17.3 Å². The topological polar surface area (TPSA) is 55.5 Å². The summed E-state index contributed by atoms with van der Waals surface area (Å²) < 4.78 is 5.64. The summed E-state index contributed by atoms with van der Waals surface area (Å²) in [5.74, 6) is 3.11. The molecule has 2 saturated carbocycles. The number of rotatable bonds is 2. The predicted molar refractivity (Wildman–Crippen MR) is 99.1 cm³/mol. The van der Waals surface area contributed by atoms with Gasteiger partial charge in [0, 0.05) is 6.04 Å². The molecule has 3 aliphatic carbocycles. The zero-order valence-electron chi connectivity index (χ0n) is 14.8. The lowest BCUT2D eigenvalue weighted by Crippen LogP contribution is -2.46. The lowest BCUT2D eigenvalue weighted by atomic mass is 9.55. The smallest absolute Gasteiger partial charge is 0.161 e. The molecule has 0 unspecified atom stereocenters. The van der Waals surface area contributed by atoms with Gasteiger partial charge in [-0.05, 0) is 91.9 Å². The third-order valence-electron chi connectivity index (χ3n) is 7.18. The van der Waals surface area contributed by atoms with Gasteiger partial charge in [-0.3, -0.25) is 0 Å². The van der Waals surface area contributed by atoms with Crippen molar-refractivity contribution in [1.29, 1.82) is 0 Å². The van der Waals surface area contributed by atoms with Crippen LogP contribution in [0.3, 0.4) is 0 Å². The summed E-state index contributed by atoms with van der Waals surface area (Å²) in [6.45, 7) is 4.99. The average molecular weight is 352 g/mol. The van der Waals surface area contributed by atoms with Crippen LogP contribution in [0.4, 0.5) is 0 Å². The minimum atomic E-state index is 0. The number of fused-ring (bicyclic) bond motifs is 5. The molecule has 0 bridgehead atoms. The van der Waals surface area contributed by atoms with Crippen molar-refractivity contribution in [3.05, 3.63) is 23.3 Å². The molecule has 4 heteroatoms. The number of ether oxygens (including phenoxy) is 1. The van der Waals surface area contributed by atoms with E-state index in [1.54, 1.807) is 0 Å². The molecule has 0 spiro atoms. The first-order valence-corrected chi connectivity index (χ1v) is 9.28. The van der Waals surface area contributed by atoms with Crippen LogP contribution in [0.1, 0.15) is 63.0 Å². The molecule has 0 heterocycles. The van der Waals surface area contributed by atoms with Gasteiger partial charge in [0.1, 0.15) is 0 Å². The maximum absolute atomic E-state index is 10.2. The molecule has 1 aromatic rings. The SMILES string of the molecule is CCOc1cc2c(cc1O)CC[C@@H]1[C@@H]2CC[C@]2(C)[C@@H](N)CC[C@@H]12.Cl. The highest BCUT2D eigenvalue weighted by Crippen LogP contribution is 2.60. The Balaban J connectivity index is 0.00000169. The van der Waals surface area contributed by atoms with E-state index < -0.39 is 0 Å². The van der Waals surface area contributed by atoms with Crippen molar-refractivity contribution >= 4 is 12.4 Å². The van der Waals surface area contributed by atoms with Crippen molar-refractivity contribution in [2.24, 2.45) is 23.0 Å². The second kappa shape index (κ2) is 6.42. The van der Waals surface area contributed by atoms with Crippen molar-refractivity contribution in [2.75, 3.05) is 6.61 Å². The molecule has 0 aromatic heterocycles. The van der Waals surface area contributed by atoms with Crippen LogP contribution in [-0.4, -0.2) is 17.8 Å². The number of nitrogens with two attached hydrogens (primary N) is 1. The Morgan fingerprint density at radius 3 is 2.79 bits per heavy atom. The molecule has 5 atom stereocenters. The fourth-order valence-electron chi connectivity index (χ4n) is 5.90. The van der Waals surface area contributed by atoms with Crippen molar-refractivity contribution in [2.45, 2.75) is 64.3 Å². The van der Waals surface area contributed by atoms with Crippen molar-refractivity contribution in [1.82, 2.24) is 0 Å². The molecule has 2 fully saturated rings. The summed E-state index contributed by atoms with van der Waals surface area (Å²) in [5.41, 5.74) is 9.58. The standard InChI is InChI=1S/C20H29NO2.ClH/c1-3-23-18-11-15-12(10-17(18)22)4-5-14-13(15)8-9-20(2)16(14)6-7-19(20)21;/h10-11,13-14,16,19,22H,3-9,21H2,1-2H3;1H/t13-,14+,16-,19-,20-;/m0./s1. The maximum atomic E-state index is 10.2. The van der Waals surface area contributed by atoms with Crippen LogP contribution in [0.5, 0.6) is 11.5 Å². The van der Waals surface area contributed by atoms with Gasteiger partial charge in [0.05, 0.1) is 6.61 Å². The number of phenolic OH excluding ortho intramolecular Hbond substituents is 1. The second-order valence-electron chi connectivity index (χ2n) is 8.10. The zero-order valence-corrected chi connectivity index (χ0v) is 15.6. The van der Waals surface area contributed by atoms with Crippen LogP contribution in [0.25, 0.3) is 0 Å². The van der Waals surface area contributed by atoms with Crippen LogP contribution in [-0.2, 0) is 6.42 Å². The molecule has 4 rings (SSSR count). The van der Waals surface area contributed by atoms with Gasteiger partial charge in [-0.25, -0.2) is 0 Å². The monoisotopic (exact) mass is 351 g/mol. The van der Waals surface area contributed by atoms with E-state index in [0.717, 1.165) is 18.3 Å². The van der Waals surface area contributed by atoms with E-state index in [2.05, 4.69) is 13.0 Å². The summed E-state index contributed by atoms with van der Waals surface area (Å²) in [5, 5.41) is 10.2. The second-order valence-corrected chi connectivity index (χ2v) is 8.10. The summed E-state index contributed by atoms with van der Waals surface area (Å²) in [6, 6.07) is 4.46. The fraction of sp³-hybridized carbons (Fsp3) is 0.700. The number of hydrogen-bond acceptors (Lipinski definition) is 3. The molecule has 0 radical (unpaired) electrons. The van der Waals surface area contributed by atoms with E-state index in [1.807, 2.05) is 13.0 Å². The van der Waals surface area contributed by atoms with E-state index in [9.17, 15) is 5.11 Å². The highest BCUT2D eigenvalue weighted by atomic mass is 35.5. The summed E-state index contributed by atoms with van der Waals surface area (Å²) in [6.07, 6.45) is 7.29. The number of hydrogen-bond donors (Lipinski definition) is 2. The van der Waals surface area contributed by atoms with E-state index in [0.29, 0.717) is 35.5 Å². The highest BCUT2D eigenvalue weighted by Gasteiger charge is 2.53. The minimum absolute atomic E-state index is 0. The van der Waals surface area contributed by atoms with E-state index >= 15 is 0 Å². The third-order valence-corrected chi connectivity index (χ3v) is 7.18. The zero-order chi connectivity index (χ0) is 16.2. The number of aryl methyl sites for hydroxylation is 1. The molecule has 24 heavy (non-hydrogen) atoms. The number of aromatic hydroxyl groups is 1. The molecule has 0 amide bonds. The van der Waals surface area contributed by atoms with Gasteiger partial charge < -0.3 is 15.6 Å². The Kier molecular flexibility index (Phi) is 4.78. The van der Waals surface area contributed by atoms with Gasteiger partial charge in [0.2, 0.25) is 0 Å². The van der Waals surface area contributed by atoms with Crippen molar-refractivity contribution in [3.8, 4) is 11.5 Å². The molecule has 134 valence electrons. The van der Waals surface area contributed by atoms with Crippen LogP contribution in [0.15, 0.2) is 12.1 Å². The highest BCUT2D eigenvalue weighted by molar-refractivity contribution is 5.85. The van der Waals surface area contributed by atoms with Gasteiger partial charge in [-0.2, -0.15) is 0 Å². The number of phenols is 1. The molecule has 0 aliphatic heterocycles. The summed E-state index contributed by atoms with van der Waals surface area (Å²) >= 11 is 0. The Morgan fingerprint density at radius 1 is 1.25 bits per heavy atom. The van der Waals surface area contributed by atoms with Crippen molar-refractivity contribution < 1.29 is 9.84 Å². The summed E-state index contributed by atoms with van der Waals surface area (Å²) in [7, 11) is 0. The molecule has 3 nitrogen and oxygen atoms in total. The maximum Gasteiger partial charge on any atom is 0.161 e. The van der Waals surface area contributed by atoms with Gasteiger partial charge in [0.25, 0.3) is 0 Å². The molecule has 1 aromatic carbocycles. The Hall–Kier alpha value is -0.930. The van der Waals surface area contributed by atoms with Crippen LogP contribution in [0.2, 0.25) is 0 Å². The quantitative estimate of drug-likeness (QED) is 0.830. The first kappa shape index (κ1) is 17.9. The molecule has 3 N–H and O–H groups in total. The minimum Gasteiger partial charge on any atom is -0.504 e. The average Bonchev–Trinajstić information content (AvgIpc) is 2.84. The van der Waals surface area contributed by atoms with Crippen molar-refractivity contribution in [3.63, 3.8) is 0 Å². The lowest BCUT2D eigenvalue weighted by Gasteiger charge is -2.50. The molecular weight excluding hydrogens is 322 g/mol. The molecular formula is C20H30ClNO2. The third kappa shape index (κ3) is 2.52. The molecule has 0 saturated heterocycles. The Bertz CT molecular complexity index is 620. The first-order valence-electron chi connectivity index (χ1n) is 9.28. The molecule has 3 aliphatic rings. The van der Waals surface area contributed by atoms with Gasteiger partial charge >= 0.3 is 0 Å². The lowest BCUT2D eigenvalue weighted by molar-refractivity contribution is 0.0495. The normalized spacial score (nSPS) is 37.0.